The lowest BCUT2D eigenvalue weighted by Gasteiger charge is -2.27. The summed E-state index contributed by atoms with van der Waals surface area (Å²) in [6, 6.07) is 65.2. The van der Waals surface area contributed by atoms with E-state index >= 15 is 0 Å². The van der Waals surface area contributed by atoms with Gasteiger partial charge in [0.25, 0.3) is 0 Å². The summed E-state index contributed by atoms with van der Waals surface area (Å²) in [5.41, 5.74) is 12.7. The molecule has 0 saturated heterocycles. The van der Waals surface area contributed by atoms with Crippen molar-refractivity contribution in [1.82, 2.24) is 0 Å². The molecule has 0 aromatic heterocycles. The van der Waals surface area contributed by atoms with Crippen molar-refractivity contribution in [3.63, 3.8) is 0 Å². The minimum Gasteiger partial charge on any atom is -0.219 e. The molecule has 8 aromatic carbocycles. The average Bonchev–Trinajstić information content (AvgIpc) is 3.21. The predicted molar refractivity (Wildman–Crippen MR) is 217 cm³/mol. The molecule has 4 heteroatoms. The SMILES string of the molecule is [2H]c1cc(-c2cccc(-c3ccc4c(c3)S(=O)(=O)c3ccccc3B4c3ccccc3)c2)cc(-c2cc(-c3ccccc3)cc(-c3ccccc3)c2)c1. The van der Waals surface area contributed by atoms with Gasteiger partial charge >= 0.3 is 0 Å². The molecule has 0 bridgehead atoms. The Morgan fingerprint density at radius 2 is 0.769 bits per heavy atom. The van der Waals surface area contributed by atoms with Gasteiger partial charge in [-0.2, -0.15) is 0 Å². The maximum atomic E-state index is 14.2. The van der Waals surface area contributed by atoms with Crippen LogP contribution in [0.2, 0.25) is 0 Å². The first kappa shape index (κ1) is 30.6. The number of rotatable bonds is 6. The number of sulfone groups is 1. The Hall–Kier alpha value is -6.23. The minimum atomic E-state index is -3.75. The highest BCUT2D eigenvalue weighted by molar-refractivity contribution is 7.92. The molecule has 0 amide bonds. The van der Waals surface area contributed by atoms with Crippen LogP contribution in [0.3, 0.4) is 0 Å². The summed E-state index contributed by atoms with van der Waals surface area (Å²) in [6.07, 6.45) is 0. The molecule has 246 valence electrons. The summed E-state index contributed by atoms with van der Waals surface area (Å²) in [7, 11) is -3.75. The molecule has 1 heterocycles. The predicted octanol–water partition coefficient (Wildman–Crippen LogP) is 9.68. The smallest absolute Gasteiger partial charge is 0.219 e. The van der Waals surface area contributed by atoms with Gasteiger partial charge in [-0.1, -0.05) is 163 Å². The highest BCUT2D eigenvalue weighted by atomic mass is 32.2. The molecule has 0 N–H and O–H groups in total. The Balaban J connectivity index is 1.13. The van der Waals surface area contributed by atoms with Crippen molar-refractivity contribution in [2.75, 3.05) is 0 Å². The van der Waals surface area contributed by atoms with E-state index < -0.39 is 9.84 Å². The van der Waals surface area contributed by atoms with Crippen LogP contribution in [-0.2, 0) is 9.84 Å². The molecule has 8 aromatic rings. The van der Waals surface area contributed by atoms with Crippen LogP contribution in [0, 0.1) is 0 Å². The molecule has 9 rings (SSSR count). The van der Waals surface area contributed by atoms with Crippen molar-refractivity contribution in [2.24, 2.45) is 0 Å². The summed E-state index contributed by atoms with van der Waals surface area (Å²) in [5.74, 6) is 0. The van der Waals surface area contributed by atoms with E-state index in [2.05, 4.69) is 97.1 Å². The van der Waals surface area contributed by atoms with Gasteiger partial charge in [-0.3, -0.25) is 0 Å². The lowest BCUT2D eigenvalue weighted by molar-refractivity contribution is 0.597. The number of benzene rings is 8. The van der Waals surface area contributed by atoms with Gasteiger partial charge in [0.15, 0.2) is 0 Å². The molecule has 0 radical (unpaired) electrons. The summed E-state index contributed by atoms with van der Waals surface area (Å²) in [5, 5.41) is 0. The third-order valence-electron chi connectivity index (χ3n) is 10.1. The molecule has 0 saturated carbocycles. The molecule has 0 unspecified atom stereocenters. The Morgan fingerprint density at radius 3 is 1.38 bits per heavy atom. The lowest BCUT2D eigenvalue weighted by Crippen LogP contribution is -2.57. The van der Waals surface area contributed by atoms with E-state index in [1.54, 1.807) is 12.1 Å². The maximum absolute atomic E-state index is 14.2. The second-order valence-corrected chi connectivity index (χ2v) is 15.1. The third-order valence-corrected chi connectivity index (χ3v) is 11.9. The Morgan fingerprint density at radius 1 is 0.346 bits per heavy atom. The summed E-state index contributed by atoms with van der Waals surface area (Å²) >= 11 is 0. The first-order chi connectivity index (χ1) is 25.9. The van der Waals surface area contributed by atoms with Gasteiger partial charge in [0, 0.05) is 0 Å². The first-order valence-corrected chi connectivity index (χ1v) is 18.9. The molecule has 52 heavy (non-hydrogen) atoms. The van der Waals surface area contributed by atoms with Gasteiger partial charge in [0.1, 0.15) is 0 Å². The standard InChI is InChI=1S/C48H33BO2S/c50-52(51)47-25-11-10-24-45(47)49(44-22-8-3-9-23-44)46-27-26-40(33-48(46)52)38-20-12-18-36(28-38)37-19-13-21-39(29-37)43-31-41(34-14-4-1-5-15-34)30-42(32-43)35-16-6-2-7-17-35/h1-33H/i13D. The highest BCUT2D eigenvalue weighted by Gasteiger charge is 2.38. The maximum Gasteiger partial charge on any atom is 0.244 e. The highest BCUT2D eigenvalue weighted by Crippen LogP contribution is 2.36. The average molecular weight is 686 g/mol. The van der Waals surface area contributed by atoms with Gasteiger partial charge in [-0.15, -0.1) is 0 Å². The topological polar surface area (TPSA) is 34.1 Å². The van der Waals surface area contributed by atoms with E-state index in [0.29, 0.717) is 15.8 Å². The van der Waals surface area contributed by atoms with Crippen LogP contribution in [0.5, 0.6) is 0 Å². The third kappa shape index (κ3) is 5.77. The van der Waals surface area contributed by atoms with Crippen LogP contribution in [-0.4, -0.2) is 15.1 Å². The molecular weight excluding hydrogens is 651 g/mol. The van der Waals surface area contributed by atoms with Gasteiger partial charge in [0.2, 0.25) is 16.6 Å². The Bertz CT molecular complexity index is 2690. The monoisotopic (exact) mass is 685 g/mol. The van der Waals surface area contributed by atoms with Crippen molar-refractivity contribution in [3.8, 4) is 55.6 Å². The quantitative estimate of drug-likeness (QED) is 0.164. The van der Waals surface area contributed by atoms with E-state index in [-0.39, 0.29) is 6.71 Å². The van der Waals surface area contributed by atoms with Crippen molar-refractivity contribution in [2.45, 2.75) is 9.79 Å². The van der Waals surface area contributed by atoms with Gasteiger partial charge < -0.3 is 0 Å². The number of fused-ring (bicyclic) bond motifs is 2. The molecule has 0 aliphatic carbocycles. The fraction of sp³-hybridized carbons (Fsp3) is 0. The Labute approximate surface area is 307 Å². The van der Waals surface area contributed by atoms with E-state index in [0.717, 1.165) is 72.0 Å². The fourth-order valence-corrected chi connectivity index (χ4v) is 9.28. The van der Waals surface area contributed by atoms with E-state index in [1.807, 2.05) is 84.9 Å². The second-order valence-electron chi connectivity index (χ2n) is 13.3. The molecule has 1 aliphatic rings. The van der Waals surface area contributed by atoms with E-state index in [4.69, 9.17) is 1.37 Å². The number of hydrogen-bond donors (Lipinski definition) is 0. The van der Waals surface area contributed by atoms with Crippen LogP contribution >= 0.6 is 0 Å². The molecule has 1 aliphatic heterocycles. The largest absolute Gasteiger partial charge is 0.244 e. The van der Waals surface area contributed by atoms with Crippen molar-refractivity contribution in [1.29, 1.82) is 0 Å². The first-order valence-electron chi connectivity index (χ1n) is 17.9. The summed E-state index contributed by atoms with van der Waals surface area (Å²) in [6.45, 7) is -0.188. The van der Waals surface area contributed by atoms with Gasteiger partial charge in [-0.05, 0) is 109 Å². The van der Waals surface area contributed by atoms with Gasteiger partial charge in [0.05, 0.1) is 11.2 Å². The van der Waals surface area contributed by atoms with Crippen molar-refractivity contribution >= 4 is 32.9 Å². The zero-order chi connectivity index (χ0) is 35.9. The van der Waals surface area contributed by atoms with Crippen LogP contribution < -0.4 is 16.4 Å². The molecule has 0 fully saturated rings. The van der Waals surface area contributed by atoms with Crippen molar-refractivity contribution < 1.29 is 9.79 Å². The summed E-state index contributed by atoms with van der Waals surface area (Å²) in [4.78, 5) is 0.703. The van der Waals surface area contributed by atoms with Crippen LogP contribution in [0.1, 0.15) is 1.37 Å². The van der Waals surface area contributed by atoms with Gasteiger partial charge in [-0.25, -0.2) is 8.42 Å². The zero-order valence-electron chi connectivity index (χ0n) is 29.3. The van der Waals surface area contributed by atoms with Crippen LogP contribution in [0.15, 0.2) is 210 Å². The normalized spacial score (nSPS) is 13.2. The zero-order valence-corrected chi connectivity index (χ0v) is 29.1. The lowest BCUT2D eigenvalue weighted by atomic mass is 9.36. The summed E-state index contributed by atoms with van der Waals surface area (Å²) < 4.78 is 37.2. The molecular formula is C48H33BO2S. The van der Waals surface area contributed by atoms with Crippen LogP contribution in [0.25, 0.3) is 55.6 Å². The fourth-order valence-electron chi connectivity index (χ4n) is 7.51. The molecule has 0 atom stereocenters. The minimum absolute atomic E-state index is 0.188. The molecule has 2 nitrogen and oxygen atoms in total. The number of hydrogen-bond acceptors (Lipinski definition) is 2. The van der Waals surface area contributed by atoms with Crippen LogP contribution in [0.4, 0.5) is 0 Å². The van der Waals surface area contributed by atoms with E-state index in [9.17, 15) is 8.42 Å². The molecule has 0 spiro atoms. The van der Waals surface area contributed by atoms with E-state index in [1.165, 1.54) is 0 Å². The van der Waals surface area contributed by atoms with Crippen molar-refractivity contribution in [3.05, 3.63) is 200 Å². The Kier molecular flexibility index (Phi) is 7.74. The second kappa shape index (κ2) is 13.2.